The van der Waals surface area contributed by atoms with Gasteiger partial charge in [0.05, 0.1) is 11.8 Å². The Morgan fingerprint density at radius 2 is 1.50 bits per heavy atom. The number of carbonyl (C=O) groups excluding carboxylic acids is 3. The van der Waals surface area contributed by atoms with Crippen molar-refractivity contribution in [1.82, 2.24) is 14.8 Å². The van der Waals surface area contributed by atoms with Gasteiger partial charge in [-0.2, -0.15) is 5.10 Å². The number of nitrogens with zero attached hydrogens (tertiary/aromatic N) is 4. The summed E-state index contributed by atoms with van der Waals surface area (Å²) in [7, 11) is 0. The number of benzene rings is 2. The molecule has 0 unspecified atom stereocenters. The molecule has 2 aliphatic rings. The molecule has 2 aromatic rings. The van der Waals surface area contributed by atoms with Crippen LogP contribution in [-0.2, 0) is 14.4 Å². The fraction of sp³-hybridized carbons (Fsp3) is 0.304. The smallest absolute Gasteiger partial charge is 0.312 e. The molecule has 0 radical (unpaired) electrons. The SMILES string of the molecule is CCN1CCN(CC(=O)N2N=C(c3ccc(Br)cc3)C[C@@H]2c2ccc(Br)cc2)C(=O)C1=O. The Kier molecular flexibility index (Phi) is 6.76. The zero-order valence-electron chi connectivity index (χ0n) is 17.5. The van der Waals surface area contributed by atoms with Crippen LogP contribution in [0.25, 0.3) is 0 Å². The first-order valence-corrected chi connectivity index (χ1v) is 11.9. The molecule has 7 nitrogen and oxygen atoms in total. The molecule has 0 spiro atoms. The second-order valence-electron chi connectivity index (χ2n) is 7.67. The molecule has 0 aliphatic carbocycles. The van der Waals surface area contributed by atoms with Crippen LogP contribution in [0.5, 0.6) is 0 Å². The standard InChI is InChI=1S/C23H22Br2N4O3/c1-2-27-11-12-28(23(32)22(27)31)14-21(30)29-20(16-5-9-18(25)10-6-16)13-19(26-29)15-3-7-17(24)8-4-15/h3-10,20H,2,11-14H2,1H3/t20-/m1/s1. The summed E-state index contributed by atoms with van der Waals surface area (Å²) in [5.74, 6) is -1.50. The number of hydrogen-bond donors (Lipinski definition) is 0. The predicted molar refractivity (Wildman–Crippen MR) is 128 cm³/mol. The van der Waals surface area contributed by atoms with Crippen LogP contribution in [0.3, 0.4) is 0 Å². The molecule has 0 aromatic heterocycles. The molecule has 9 heteroatoms. The van der Waals surface area contributed by atoms with Crippen molar-refractivity contribution >= 4 is 55.3 Å². The van der Waals surface area contributed by atoms with E-state index in [0.717, 1.165) is 25.8 Å². The predicted octanol–water partition coefficient (Wildman–Crippen LogP) is 3.58. The van der Waals surface area contributed by atoms with Gasteiger partial charge in [-0.3, -0.25) is 14.4 Å². The minimum Gasteiger partial charge on any atom is -0.333 e. The van der Waals surface area contributed by atoms with E-state index in [4.69, 9.17) is 0 Å². The second-order valence-corrected chi connectivity index (χ2v) is 9.51. The Bertz CT molecular complexity index is 1070. The maximum Gasteiger partial charge on any atom is 0.312 e. The van der Waals surface area contributed by atoms with Gasteiger partial charge in [-0.1, -0.05) is 56.1 Å². The van der Waals surface area contributed by atoms with Crippen molar-refractivity contribution in [3.05, 3.63) is 68.6 Å². The molecule has 2 heterocycles. The molecule has 4 rings (SSSR count). The van der Waals surface area contributed by atoms with Crippen molar-refractivity contribution in [3.63, 3.8) is 0 Å². The molecule has 2 aromatic carbocycles. The number of carbonyl (C=O) groups is 3. The summed E-state index contributed by atoms with van der Waals surface area (Å²) < 4.78 is 1.91. The van der Waals surface area contributed by atoms with Gasteiger partial charge in [0.2, 0.25) is 0 Å². The van der Waals surface area contributed by atoms with Gasteiger partial charge >= 0.3 is 11.8 Å². The molecule has 2 aliphatic heterocycles. The number of rotatable bonds is 5. The second kappa shape index (κ2) is 9.54. The number of likely N-dealkylation sites (N-methyl/N-ethyl adjacent to an activating group) is 1. The number of piperazine rings is 1. The third-order valence-electron chi connectivity index (χ3n) is 5.70. The summed E-state index contributed by atoms with van der Waals surface area (Å²) in [5, 5.41) is 6.11. The summed E-state index contributed by atoms with van der Waals surface area (Å²) in [5.41, 5.74) is 2.70. The van der Waals surface area contributed by atoms with E-state index in [1.54, 1.807) is 0 Å². The Hall–Kier alpha value is -2.52. The highest BCUT2D eigenvalue weighted by atomic mass is 79.9. The molecular weight excluding hydrogens is 540 g/mol. The highest BCUT2D eigenvalue weighted by molar-refractivity contribution is 9.10. The zero-order chi connectivity index (χ0) is 22.8. The van der Waals surface area contributed by atoms with Crippen LogP contribution in [0.4, 0.5) is 0 Å². The molecule has 3 amide bonds. The van der Waals surface area contributed by atoms with Gasteiger partial charge in [0.25, 0.3) is 5.91 Å². The van der Waals surface area contributed by atoms with E-state index >= 15 is 0 Å². The van der Waals surface area contributed by atoms with Crippen LogP contribution in [-0.4, -0.2) is 64.4 Å². The monoisotopic (exact) mass is 560 g/mol. The zero-order valence-corrected chi connectivity index (χ0v) is 20.7. The van der Waals surface area contributed by atoms with Gasteiger partial charge in [-0.05, 0) is 42.3 Å². The van der Waals surface area contributed by atoms with Gasteiger partial charge < -0.3 is 9.80 Å². The van der Waals surface area contributed by atoms with Crippen molar-refractivity contribution in [2.75, 3.05) is 26.2 Å². The Labute approximate surface area is 203 Å². The maximum atomic E-state index is 13.3. The Morgan fingerprint density at radius 3 is 2.12 bits per heavy atom. The minimum atomic E-state index is -0.636. The Balaban J connectivity index is 1.59. The van der Waals surface area contributed by atoms with Gasteiger partial charge in [0.15, 0.2) is 0 Å². The van der Waals surface area contributed by atoms with Crippen LogP contribution in [0.1, 0.15) is 30.5 Å². The van der Waals surface area contributed by atoms with Gasteiger partial charge in [0, 0.05) is 35.0 Å². The highest BCUT2D eigenvalue weighted by Crippen LogP contribution is 2.33. The van der Waals surface area contributed by atoms with E-state index in [1.807, 2.05) is 55.5 Å². The van der Waals surface area contributed by atoms with Crippen molar-refractivity contribution in [2.24, 2.45) is 5.10 Å². The van der Waals surface area contributed by atoms with E-state index in [0.29, 0.717) is 26.1 Å². The van der Waals surface area contributed by atoms with E-state index in [-0.39, 0.29) is 18.5 Å². The lowest BCUT2D eigenvalue weighted by Crippen LogP contribution is -2.56. The Morgan fingerprint density at radius 1 is 0.938 bits per heavy atom. The lowest BCUT2D eigenvalue weighted by Gasteiger charge is -2.33. The molecule has 1 saturated heterocycles. The van der Waals surface area contributed by atoms with E-state index in [2.05, 4.69) is 37.0 Å². The topological polar surface area (TPSA) is 73.3 Å². The third-order valence-corrected chi connectivity index (χ3v) is 6.76. The summed E-state index contributed by atoms with van der Waals surface area (Å²) >= 11 is 6.89. The lowest BCUT2D eigenvalue weighted by atomic mass is 9.98. The minimum absolute atomic E-state index is 0.174. The third kappa shape index (κ3) is 4.63. The molecular formula is C23H22Br2N4O3. The molecule has 0 bridgehead atoms. The van der Waals surface area contributed by atoms with Crippen LogP contribution >= 0.6 is 31.9 Å². The van der Waals surface area contributed by atoms with Gasteiger partial charge in [0.1, 0.15) is 6.54 Å². The quantitative estimate of drug-likeness (QED) is 0.524. The summed E-state index contributed by atoms with van der Waals surface area (Å²) in [6.45, 7) is 2.90. The molecule has 0 N–H and O–H groups in total. The van der Waals surface area contributed by atoms with Crippen LogP contribution < -0.4 is 0 Å². The van der Waals surface area contributed by atoms with Gasteiger partial charge in [-0.15, -0.1) is 0 Å². The average Bonchev–Trinajstić information content (AvgIpc) is 3.24. The molecule has 166 valence electrons. The maximum absolute atomic E-state index is 13.3. The molecule has 32 heavy (non-hydrogen) atoms. The van der Waals surface area contributed by atoms with E-state index in [1.165, 1.54) is 14.8 Å². The number of halogens is 2. The highest BCUT2D eigenvalue weighted by Gasteiger charge is 2.37. The fourth-order valence-electron chi connectivity index (χ4n) is 3.90. The van der Waals surface area contributed by atoms with E-state index < -0.39 is 11.8 Å². The normalized spacial score (nSPS) is 18.9. The van der Waals surface area contributed by atoms with Crippen molar-refractivity contribution < 1.29 is 14.4 Å². The fourth-order valence-corrected chi connectivity index (χ4v) is 4.43. The number of hydrazone groups is 1. The molecule has 1 fully saturated rings. The van der Waals surface area contributed by atoms with Crippen LogP contribution in [0.2, 0.25) is 0 Å². The first-order valence-electron chi connectivity index (χ1n) is 10.4. The number of hydrogen-bond acceptors (Lipinski definition) is 4. The van der Waals surface area contributed by atoms with E-state index in [9.17, 15) is 14.4 Å². The first kappa shape index (κ1) is 22.7. The molecule has 1 atom stereocenters. The molecule has 0 saturated carbocycles. The van der Waals surface area contributed by atoms with Crippen molar-refractivity contribution in [1.29, 1.82) is 0 Å². The average molecular weight is 562 g/mol. The summed E-state index contributed by atoms with van der Waals surface area (Å²) in [6, 6.07) is 15.3. The van der Waals surface area contributed by atoms with Crippen LogP contribution in [0.15, 0.2) is 62.6 Å². The van der Waals surface area contributed by atoms with Crippen molar-refractivity contribution in [3.8, 4) is 0 Å². The lowest BCUT2D eigenvalue weighted by molar-refractivity contribution is -0.157. The summed E-state index contributed by atoms with van der Waals surface area (Å²) in [6.07, 6.45) is 0.561. The largest absolute Gasteiger partial charge is 0.333 e. The van der Waals surface area contributed by atoms with Crippen molar-refractivity contribution in [2.45, 2.75) is 19.4 Å². The number of amides is 3. The van der Waals surface area contributed by atoms with Crippen LogP contribution in [0, 0.1) is 0 Å². The first-order chi connectivity index (χ1) is 15.4. The van der Waals surface area contributed by atoms with Gasteiger partial charge in [-0.25, -0.2) is 5.01 Å². The summed E-state index contributed by atoms with van der Waals surface area (Å²) in [4.78, 5) is 40.8.